The molecule has 2 unspecified atom stereocenters. The molecule has 12 heteroatoms. The zero-order valence-electron chi connectivity index (χ0n) is 24.6. The zero-order chi connectivity index (χ0) is 30.8. The van der Waals surface area contributed by atoms with Crippen molar-refractivity contribution in [2.45, 2.75) is 37.3 Å². The molecule has 2 aromatic carbocycles. The van der Waals surface area contributed by atoms with Gasteiger partial charge in [0.1, 0.15) is 24.0 Å². The van der Waals surface area contributed by atoms with E-state index in [0.717, 1.165) is 16.7 Å². The van der Waals surface area contributed by atoms with Crippen LogP contribution in [-0.4, -0.2) is 105 Å². The van der Waals surface area contributed by atoms with E-state index in [1.54, 1.807) is 55.2 Å². The SMILES string of the molecule is C=CCN1CC(=O)N2[C@@H](Cc3ccc(O)cc3)C(=O)N(CC3=CC4N=NN(C)C4C=C3)C[C@@H]2N1C(=O)NCc1ccccc1. The van der Waals surface area contributed by atoms with Gasteiger partial charge in [-0.15, -0.1) is 6.58 Å². The Morgan fingerprint density at radius 2 is 1.89 bits per heavy atom. The third kappa shape index (κ3) is 5.80. The van der Waals surface area contributed by atoms with Gasteiger partial charge in [-0.2, -0.15) is 5.11 Å². The maximum absolute atomic E-state index is 14.2. The van der Waals surface area contributed by atoms with Crippen LogP contribution < -0.4 is 5.32 Å². The number of fused-ring (bicyclic) bond motifs is 2. The number of hydrogen-bond donors (Lipinski definition) is 2. The van der Waals surface area contributed by atoms with Crippen molar-refractivity contribution >= 4 is 17.8 Å². The van der Waals surface area contributed by atoms with Gasteiger partial charge in [0.15, 0.2) is 0 Å². The molecule has 228 valence electrons. The van der Waals surface area contributed by atoms with Gasteiger partial charge in [0, 0.05) is 33.1 Å². The molecule has 0 saturated carbocycles. The molecule has 0 aromatic heterocycles. The number of likely N-dealkylation sites (N-methyl/N-ethyl adjacent to an activating group) is 1. The maximum Gasteiger partial charge on any atom is 0.334 e. The molecule has 2 N–H and O–H groups in total. The Morgan fingerprint density at radius 1 is 1.11 bits per heavy atom. The lowest BCUT2D eigenvalue weighted by Crippen LogP contribution is -2.76. The van der Waals surface area contributed by atoms with E-state index < -0.39 is 12.2 Å². The van der Waals surface area contributed by atoms with Crippen LogP contribution in [0.4, 0.5) is 4.79 Å². The Morgan fingerprint density at radius 3 is 2.64 bits per heavy atom. The minimum absolute atomic E-state index is 0.0424. The summed E-state index contributed by atoms with van der Waals surface area (Å²) in [7, 11) is 1.88. The van der Waals surface area contributed by atoms with Crippen molar-refractivity contribution in [3.63, 3.8) is 0 Å². The van der Waals surface area contributed by atoms with E-state index in [2.05, 4.69) is 22.2 Å². The first kappa shape index (κ1) is 29.1. The summed E-state index contributed by atoms with van der Waals surface area (Å²) in [5.41, 5.74) is 2.64. The van der Waals surface area contributed by atoms with E-state index in [-0.39, 0.29) is 61.7 Å². The highest BCUT2D eigenvalue weighted by molar-refractivity contribution is 5.92. The number of carbonyl (C=O) groups is 3. The number of piperazine rings is 1. The molecule has 4 atom stereocenters. The number of nitrogens with zero attached hydrogens (tertiary/aromatic N) is 7. The minimum atomic E-state index is -0.848. The van der Waals surface area contributed by atoms with Crippen molar-refractivity contribution in [3.8, 4) is 5.75 Å². The molecule has 44 heavy (non-hydrogen) atoms. The molecule has 2 saturated heterocycles. The Balaban J connectivity index is 1.32. The summed E-state index contributed by atoms with van der Waals surface area (Å²) in [6.45, 7) is 4.78. The second-order valence-electron chi connectivity index (χ2n) is 11.4. The van der Waals surface area contributed by atoms with Crippen LogP contribution in [0.15, 0.2) is 101 Å². The van der Waals surface area contributed by atoms with Gasteiger partial charge in [0.05, 0.1) is 19.1 Å². The highest BCUT2D eigenvalue weighted by atomic mass is 16.3. The second-order valence-corrected chi connectivity index (χ2v) is 11.4. The van der Waals surface area contributed by atoms with Gasteiger partial charge in [0.25, 0.3) is 0 Å². The molecule has 12 nitrogen and oxygen atoms in total. The van der Waals surface area contributed by atoms with Crippen LogP contribution in [0.25, 0.3) is 0 Å². The molecule has 3 aliphatic heterocycles. The predicted molar refractivity (Wildman–Crippen MR) is 163 cm³/mol. The molecule has 3 heterocycles. The van der Waals surface area contributed by atoms with Gasteiger partial charge in [0.2, 0.25) is 11.8 Å². The van der Waals surface area contributed by atoms with Crippen molar-refractivity contribution < 1.29 is 19.5 Å². The summed E-state index contributed by atoms with van der Waals surface area (Å²) >= 11 is 0. The Bertz CT molecular complexity index is 1510. The van der Waals surface area contributed by atoms with E-state index in [1.165, 1.54) is 0 Å². The standard InChI is InChI=1S/C32H36N8O4/c1-3-15-38-21-30(42)39-28(17-22-9-12-25(41)13-10-22)31(43)37(19-24-11-14-27-26(16-24)34-35-36(27)2)20-29(39)40(38)32(44)33-18-23-7-5-4-6-8-23/h3-14,16,26-29,41H,1,15,17-21H2,2H3,(H,33,44)/t26?,27?,28-,29-/m0/s1. The average molecular weight is 597 g/mol. The maximum atomic E-state index is 14.2. The number of hydrazine groups is 1. The highest BCUT2D eigenvalue weighted by Gasteiger charge is 2.51. The Kier molecular flexibility index (Phi) is 8.16. The number of hydrogen-bond acceptors (Lipinski definition) is 8. The van der Waals surface area contributed by atoms with E-state index in [1.807, 2.05) is 55.6 Å². The zero-order valence-corrected chi connectivity index (χ0v) is 24.6. The van der Waals surface area contributed by atoms with E-state index >= 15 is 0 Å². The van der Waals surface area contributed by atoms with Gasteiger partial charge >= 0.3 is 6.03 Å². The van der Waals surface area contributed by atoms with Crippen LogP contribution >= 0.6 is 0 Å². The number of phenols is 1. The van der Waals surface area contributed by atoms with E-state index in [9.17, 15) is 19.5 Å². The molecule has 0 spiro atoms. The van der Waals surface area contributed by atoms with Gasteiger partial charge < -0.3 is 20.2 Å². The first-order valence-electron chi connectivity index (χ1n) is 14.7. The summed E-state index contributed by atoms with van der Waals surface area (Å²) in [4.78, 5) is 45.1. The monoisotopic (exact) mass is 596 g/mol. The molecule has 0 bridgehead atoms. The number of urea groups is 1. The normalized spacial score (nSPS) is 24.7. The summed E-state index contributed by atoms with van der Waals surface area (Å²) in [5.74, 6) is -0.330. The highest BCUT2D eigenvalue weighted by Crippen LogP contribution is 2.31. The quantitative estimate of drug-likeness (QED) is 0.452. The summed E-state index contributed by atoms with van der Waals surface area (Å²) < 4.78 is 0. The first-order chi connectivity index (χ1) is 21.3. The van der Waals surface area contributed by atoms with Crippen LogP contribution in [0, 0.1) is 0 Å². The van der Waals surface area contributed by atoms with E-state index in [0.29, 0.717) is 13.1 Å². The van der Waals surface area contributed by atoms with Gasteiger partial charge in [-0.3, -0.25) is 14.6 Å². The fourth-order valence-corrected chi connectivity index (χ4v) is 6.24. The number of benzene rings is 2. The van der Waals surface area contributed by atoms with Crippen molar-refractivity contribution in [1.29, 1.82) is 0 Å². The minimum Gasteiger partial charge on any atom is -0.508 e. The molecule has 2 fully saturated rings. The molecule has 2 aromatic rings. The lowest BCUT2D eigenvalue weighted by Gasteiger charge is -2.55. The topological polar surface area (TPSA) is 124 Å². The molecule has 0 radical (unpaired) electrons. The van der Waals surface area contributed by atoms with Gasteiger partial charge in [-0.25, -0.2) is 14.8 Å². The summed E-state index contributed by atoms with van der Waals surface area (Å²) in [6.07, 6.45) is 7.19. The van der Waals surface area contributed by atoms with Gasteiger partial charge in [-0.05, 0) is 28.8 Å². The molecule has 4 amide bonds. The Labute approximate surface area is 256 Å². The molecular formula is C32H36N8O4. The van der Waals surface area contributed by atoms with Crippen molar-refractivity contribution in [1.82, 2.24) is 30.1 Å². The third-order valence-electron chi connectivity index (χ3n) is 8.40. The number of nitrogens with one attached hydrogen (secondary N) is 1. The fourth-order valence-electron chi connectivity index (χ4n) is 6.24. The molecule has 6 rings (SSSR count). The lowest BCUT2D eigenvalue weighted by molar-refractivity contribution is -0.188. The van der Waals surface area contributed by atoms with Crippen molar-refractivity contribution in [3.05, 3.63) is 102 Å². The number of aromatic hydroxyl groups is 1. The van der Waals surface area contributed by atoms with Crippen molar-refractivity contribution in [2.24, 2.45) is 10.3 Å². The van der Waals surface area contributed by atoms with Crippen LogP contribution in [0.2, 0.25) is 0 Å². The van der Waals surface area contributed by atoms with Crippen molar-refractivity contribution in [2.75, 3.05) is 33.2 Å². The second kappa shape index (κ2) is 12.3. The van der Waals surface area contributed by atoms with Gasteiger partial charge in [-0.1, -0.05) is 72.0 Å². The van der Waals surface area contributed by atoms with Crippen LogP contribution in [0.5, 0.6) is 5.75 Å². The largest absolute Gasteiger partial charge is 0.508 e. The molecule has 1 aliphatic carbocycles. The van der Waals surface area contributed by atoms with E-state index in [4.69, 9.17) is 0 Å². The number of phenolic OH excluding ortho intramolecular Hbond substituents is 1. The average Bonchev–Trinajstić information content (AvgIpc) is 3.39. The van der Waals surface area contributed by atoms with Crippen LogP contribution in [0.1, 0.15) is 11.1 Å². The third-order valence-corrected chi connectivity index (χ3v) is 8.40. The predicted octanol–water partition coefficient (Wildman–Crippen LogP) is 2.47. The van der Waals surface area contributed by atoms with Crippen LogP contribution in [-0.2, 0) is 22.6 Å². The fraction of sp³-hybridized carbons (Fsp3) is 0.344. The number of rotatable bonds is 8. The smallest absolute Gasteiger partial charge is 0.334 e. The molecular weight excluding hydrogens is 560 g/mol. The molecule has 4 aliphatic rings. The first-order valence-corrected chi connectivity index (χ1v) is 14.7. The number of carbonyl (C=O) groups excluding carboxylic acids is 3. The Hall–Kier alpha value is -4.97. The van der Waals surface area contributed by atoms with Crippen LogP contribution in [0.3, 0.4) is 0 Å². The summed E-state index contributed by atoms with van der Waals surface area (Å²) in [5, 5.41) is 26.4. The number of amides is 4. The summed E-state index contributed by atoms with van der Waals surface area (Å²) in [6, 6.07) is 14.9. The lowest BCUT2D eigenvalue weighted by atomic mass is 9.96.